The van der Waals surface area contributed by atoms with E-state index in [1.54, 1.807) is 37.6 Å². The number of benzene rings is 1. The Morgan fingerprint density at radius 3 is 2.69 bits per heavy atom. The summed E-state index contributed by atoms with van der Waals surface area (Å²) in [7, 11) is 1.61. The van der Waals surface area contributed by atoms with Crippen molar-refractivity contribution in [3.05, 3.63) is 54.0 Å². The molecule has 1 heterocycles. The van der Waals surface area contributed by atoms with Crippen LogP contribution in [0.5, 0.6) is 5.88 Å². The van der Waals surface area contributed by atoms with E-state index in [4.69, 9.17) is 9.47 Å². The summed E-state index contributed by atoms with van der Waals surface area (Å²) < 4.78 is 24.3. The molecular weight excluding hydrogens is 373 g/mol. The van der Waals surface area contributed by atoms with E-state index in [2.05, 4.69) is 10.3 Å². The first-order valence-electron chi connectivity index (χ1n) is 10.1. The highest BCUT2D eigenvalue weighted by molar-refractivity contribution is 5.89. The fourth-order valence-electron chi connectivity index (χ4n) is 3.57. The van der Waals surface area contributed by atoms with Crippen LogP contribution in [0.3, 0.4) is 0 Å². The van der Waals surface area contributed by atoms with E-state index >= 15 is 0 Å². The predicted molar refractivity (Wildman–Crippen MR) is 110 cm³/mol. The Bertz CT molecular complexity index is 779. The number of rotatable bonds is 9. The number of hydrogen-bond donors (Lipinski definition) is 1. The molecule has 1 aliphatic rings. The molecule has 0 unspecified atom stereocenters. The molecular formula is C22H28FN3O3. The van der Waals surface area contributed by atoms with Crippen LogP contribution in [0.4, 0.5) is 14.9 Å². The minimum Gasteiger partial charge on any atom is -0.475 e. The van der Waals surface area contributed by atoms with Crippen LogP contribution in [0, 0.1) is 5.82 Å². The van der Waals surface area contributed by atoms with Gasteiger partial charge in [0.2, 0.25) is 5.88 Å². The number of aromatic nitrogens is 1. The molecule has 2 amide bonds. The maximum absolute atomic E-state index is 14.0. The van der Waals surface area contributed by atoms with Crippen LogP contribution in [0.2, 0.25) is 0 Å². The van der Waals surface area contributed by atoms with Crippen LogP contribution in [-0.2, 0) is 11.2 Å². The molecule has 0 atom stereocenters. The van der Waals surface area contributed by atoms with E-state index in [0.29, 0.717) is 43.3 Å². The fourth-order valence-corrected chi connectivity index (χ4v) is 3.57. The zero-order valence-corrected chi connectivity index (χ0v) is 16.8. The number of methoxy groups -OCH3 is 1. The number of urea groups is 1. The first-order chi connectivity index (χ1) is 14.2. The van der Waals surface area contributed by atoms with Gasteiger partial charge in [-0.2, -0.15) is 0 Å². The quantitative estimate of drug-likeness (QED) is 0.638. The number of amides is 2. The molecule has 3 rings (SSSR count). The Morgan fingerprint density at radius 2 is 2.00 bits per heavy atom. The Balaban J connectivity index is 1.61. The molecule has 156 valence electrons. The van der Waals surface area contributed by atoms with Crippen molar-refractivity contribution in [2.45, 2.75) is 38.1 Å². The first-order valence-corrected chi connectivity index (χ1v) is 10.1. The number of halogens is 1. The van der Waals surface area contributed by atoms with Crippen molar-refractivity contribution in [3.8, 4) is 5.88 Å². The molecule has 0 aliphatic heterocycles. The van der Waals surface area contributed by atoms with Crippen molar-refractivity contribution in [2.75, 3.05) is 32.2 Å². The lowest BCUT2D eigenvalue weighted by atomic mass is 10.1. The van der Waals surface area contributed by atoms with Crippen LogP contribution in [0.25, 0.3) is 0 Å². The summed E-state index contributed by atoms with van der Waals surface area (Å²) >= 11 is 0. The second kappa shape index (κ2) is 10.8. The predicted octanol–water partition coefficient (Wildman–Crippen LogP) is 4.27. The maximum atomic E-state index is 14.0. The van der Waals surface area contributed by atoms with E-state index in [-0.39, 0.29) is 17.9 Å². The van der Waals surface area contributed by atoms with E-state index in [1.165, 1.54) is 6.07 Å². The minimum absolute atomic E-state index is 0.178. The number of hydrogen-bond acceptors (Lipinski definition) is 4. The van der Waals surface area contributed by atoms with Crippen molar-refractivity contribution in [1.82, 2.24) is 9.88 Å². The smallest absolute Gasteiger partial charge is 0.322 e. The molecule has 29 heavy (non-hydrogen) atoms. The Kier molecular flexibility index (Phi) is 7.81. The van der Waals surface area contributed by atoms with Crippen LogP contribution in [0.15, 0.2) is 42.6 Å². The lowest BCUT2D eigenvalue weighted by molar-refractivity contribution is 0.144. The summed E-state index contributed by atoms with van der Waals surface area (Å²) in [4.78, 5) is 19.0. The zero-order valence-electron chi connectivity index (χ0n) is 16.8. The van der Waals surface area contributed by atoms with E-state index in [9.17, 15) is 9.18 Å². The van der Waals surface area contributed by atoms with Crippen molar-refractivity contribution in [2.24, 2.45) is 0 Å². The third-order valence-electron chi connectivity index (χ3n) is 5.13. The number of carbonyl (C=O) groups is 1. The van der Waals surface area contributed by atoms with Crippen molar-refractivity contribution in [1.29, 1.82) is 0 Å². The summed E-state index contributed by atoms with van der Waals surface area (Å²) in [5, 5.41) is 2.91. The summed E-state index contributed by atoms with van der Waals surface area (Å²) in [5.74, 6) is 0.250. The highest BCUT2D eigenvalue weighted by atomic mass is 19.1. The topological polar surface area (TPSA) is 63.7 Å². The summed E-state index contributed by atoms with van der Waals surface area (Å²) in [5.41, 5.74) is 1.23. The largest absolute Gasteiger partial charge is 0.475 e. The molecule has 1 aromatic heterocycles. The highest BCUT2D eigenvalue weighted by Gasteiger charge is 2.26. The SMILES string of the molecule is COCCOc1ccc(NC(=O)N(CCc2ccccc2F)C2CCCC2)cn1. The summed E-state index contributed by atoms with van der Waals surface area (Å²) in [6.07, 6.45) is 6.25. The lowest BCUT2D eigenvalue weighted by Crippen LogP contribution is -2.43. The van der Waals surface area contributed by atoms with Crippen molar-refractivity contribution < 1.29 is 18.7 Å². The molecule has 7 heteroatoms. The van der Waals surface area contributed by atoms with Gasteiger partial charge in [-0.05, 0) is 37.0 Å². The third kappa shape index (κ3) is 6.15. The zero-order chi connectivity index (χ0) is 20.5. The third-order valence-corrected chi connectivity index (χ3v) is 5.13. The van der Waals surface area contributed by atoms with Gasteiger partial charge >= 0.3 is 6.03 Å². The van der Waals surface area contributed by atoms with Gasteiger partial charge in [0.25, 0.3) is 0 Å². The average molecular weight is 401 g/mol. The number of anilines is 1. The highest BCUT2D eigenvalue weighted by Crippen LogP contribution is 2.25. The molecule has 0 spiro atoms. The van der Waals surface area contributed by atoms with Gasteiger partial charge in [-0.3, -0.25) is 0 Å². The number of nitrogens with one attached hydrogen (secondary N) is 1. The molecule has 0 radical (unpaired) electrons. The normalized spacial score (nSPS) is 14.0. The second-order valence-electron chi connectivity index (χ2n) is 7.13. The summed E-state index contributed by atoms with van der Waals surface area (Å²) in [6.45, 7) is 1.38. The maximum Gasteiger partial charge on any atom is 0.322 e. The number of carbonyl (C=O) groups excluding carboxylic acids is 1. The molecule has 1 N–H and O–H groups in total. The molecule has 0 bridgehead atoms. The molecule has 0 saturated heterocycles. The van der Waals surface area contributed by atoms with Gasteiger partial charge in [0.15, 0.2) is 0 Å². The molecule has 1 saturated carbocycles. The van der Waals surface area contributed by atoms with E-state index in [0.717, 1.165) is 25.7 Å². The molecule has 6 nitrogen and oxygen atoms in total. The van der Waals surface area contributed by atoms with Gasteiger partial charge in [-0.1, -0.05) is 31.0 Å². The molecule has 1 aliphatic carbocycles. The lowest BCUT2D eigenvalue weighted by Gasteiger charge is -2.29. The number of pyridine rings is 1. The van der Waals surface area contributed by atoms with Gasteiger partial charge < -0.3 is 19.7 Å². The Morgan fingerprint density at radius 1 is 1.21 bits per heavy atom. The number of nitrogens with zero attached hydrogens (tertiary/aromatic N) is 2. The molecule has 1 fully saturated rings. The monoisotopic (exact) mass is 401 g/mol. The van der Waals surface area contributed by atoms with Crippen LogP contribution in [0.1, 0.15) is 31.2 Å². The fraction of sp³-hybridized carbons (Fsp3) is 0.455. The van der Waals surface area contributed by atoms with Gasteiger partial charge in [-0.25, -0.2) is 14.2 Å². The first kappa shape index (κ1) is 21.0. The van der Waals surface area contributed by atoms with Crippen LogP contribution in [-0.4, -0.2) is 48.8 Å². The average Bonchev–Trinajstić information content (AvgIpc) is 3.25. The van der Waals surface area contributed by atoms with Crippen LogP contribution >= 0.6 is 0 Å². The standard InChI is InChI=1S/C22H28FN3O3/c1-28-14-15-29-21-11-10-18(16-24-21)25-22(27)26(19-7-3-4-8-19)13-12-17-6-2-5-9-20(17)23/h2,5-6,9-11,16,19H,3-4,7-8,12-15H2,1H3,(H,25,27). The van der Waals surface area contributed by atoms with Crippen LogP contribution < -0.4 is 10.1 Å². The van der Waals surface area contributed by atoms with E-state index < -0.39 is 0 Å². The molecule has 2 aromatic rings. The van der Waals surface area contributed by atoms with Gasteiger partial charge in [0.1, 0.15) is 12.4 Å². The second-order valence-corrected chi connectivity index (χ2v) is 7.13. The van der Waals surface area contributed by atoms with Gasteiger partial charge in [0, 0.05) is 25.8 Å². The Hall–Kier alpha value is -2.67. The van der Waals surface area contributed by atoms with Crippen molar-refractivity contribution in [3.63, 3.8) is 0 Å². The minimum atomic E-state index is -0.229. The molecule has 1 aromatic carbocycles. The van der Waals surface area contributed by atoms with E-state index in [1.807, 2.05) is 11.0 Å². The summed E-state index contributed by atoms with van der Waals surface area (Å²) in [6, 6.07) is 10.2. The van der Waals surface area contributed by atoms with Gasteiger partial charge in [-0.15, -0.1) is 0 Å². The van der Waals surface area contributed by atoms with Crippen molar-refractivity contribution >= 4 is 11.7 Å². The van der Waals surface area contributed by atoms with Gasteiger partial charge in [0.05, 0.1) is 18.5 Å². The number of ether oxygens (including phenoxy) is 2. The Labute approximate surface area is 171 Å².